The molecule has 3 aliphatic heterocycles. The first kappa shape index (κ1) is 21.1. The Morgan fingerprint density at radius 3 is 2.49 bits per heavy atom. The molecule has 8 nitrogen and oxygen atoms in total. The molecular weight excluding hydrogens is 452 g/mol. The van der Waals surface area contributed by atoms with Gasteiger partial charge >= 0.3 is 5.97 Å². The fraction of sp³-hybridized carbons (Fsp3) is 0.185. The van der Waals surface area contributed by atoms with Crippen molar-refractivity contribution in [3.63, 3.8) is 0 Å². The first-order valence-corrected chi connectivity index (χ1v) is 11.0. The Morgan fingerprint density at radius 1 is 0.886 bits per heavy atom. The Balaban J connectivity index is 1.44. The zero-order valence-electron chi connectivity index (χ0n) is 19.0. The summed E-state index contributed by atoms with van der Waals surface area (Å²) in [5, 5.41) is 0. The second-order valence-corrected chi connectivity index (χ2v) is 8.25. The molecule has 176 valence electrons. The third-order valence-corrected chi connectivity index (χ3v) is 6.28. The van der Waals surface area contributed by atoms with Crippen molar-refractivity contribution < 1.29 is 38.0 Å². The van der Waals surface area contributed by atoms with Gasteiger partial charge in [-0.25, -0.2) is 0 Å². The molecule has 3 heterocycles. The standard InChI is InChI=1S/C27H20O8/c1-30-16-5-3-14(4-6-16)9-20-25(29)17-7-8-19-24(26(17)35-20)18(12-23(28)34-19)15-10-21(31-2)27-22(11-15)32-13-33-27/h3-11,18H,12-13H2,1-2H3/b20-9+. The molecule has 0 aliphatic carbocycles. The summed E-state index contributed by atoms with van der Waals surface area (Å²) in [5.74, 6) is 2.16. The van der Waals surface area contributed by atoms with Gasteiger partial charge in [0.2, 0.25) is 18.3 Å². The molecule has 3 aromatic carbocycles. The first-order valence-electron chi connectivity index (χ1n) is 11.0. The summed E-state index contributed by atoms with van der Waals surface area (Å²) in [7, 11) is 3.13. The van der Waals surface area contributed by atoms with E-state index < -0.39 is 5.92 Å². The van der Waals surface area contributed by atoms with Gasteiger partial charge in [0, 0.05) is 11.5 Å². The summed E-state index contributed by atoms with van der Waals surface area (Å²) in [4.78, 5) is 25.7. The van der Waals surface area contributed by atoms with Crippen LogP contribution in [0.2, 0.25) is 0 Å². The third-order valence-electron chi connectivity index (χ3n) is 6.28. The van der Waals surface area contributed by atoms with Crippen molar-refractivity contribution in [2.75, 3.05) is 21.0 Å². The lowest BCUT2D eigenvalue weighted by Gasteiger charge is -2.26. The lowest BCUT2D eigenvalue weighted by molar-refractivity contribution is -0.135. The summed E-state index contributed by atoms with van der Waals surface area (Å²) in [6.07, 6.45) is 1.75. The van der Waals surface area contributed by atoms with Crippen molar-refractivity contribution in [1.82, 2.24) is 0 Å². The van der Waals surface area contributed by atoms with Crippen molar-refractivity contribution >= 4 is 17.8 Å². The summed E-state index contributed by atoms with van der Waals surface area (Å²) >= 11 is 0. The fourth-order valence-corrected chi connectivity index (χ4v) is 4.59. The normalized spacial score (nSPS) is 18.6. The van der Waals surface area contributed by atoms with Gasteiger partial charge in [-0.1, -0.05) is 12.1 Å². The molecular formula is C27H20O8. The molecule has 8 heteroatoms. The number of hydrogen-bond acceptors (Lipinski definition) is 8. The number of ether oxygens (including phenoxy) is 6. The highest BCUT2D eigenvalue weighted by molar-refractivity contribution is 6.15. The predicted octanol–water partition coefficient (Wildman–Crippen LogP) is 4.49. The van der Waals surface area contributed by atoms with E-state index in [0.717, 1.165) is 11.1 Å². The second-order valence-electron chi connectivity index (χ2n) is 8.25. The van der Waals surface area contributed by atoms with Crippen LogP contribution in [0.3, 0.4) is 0 Å². The van der Waals surface area contributed by atoms with Crippen LogP contribution >= 0.6 is 0 Å². The smallest absolute Gasteiger partial charge is 0.312 e. The van der Waals surface area contributed by atoms with Gasteiger partial charge < -0.3 is 28.4 Å². The lowest BCUT2D eigenvalue weighted by atomic mass is 9.84. The molecule has 0 spiro atoms. The van der Waals surface area contributed by atoms with Crippen molar-refractivity contribution in [2.45, 2.75) is 12.3 Å². The van der Waals surface area contributed by atoms with E-state index in [9.17, 15) is 9.59 Å². The number of carbonyl (C=O) groups excluding carboxylic acids is 2. The number of benzene rings is 3. The number of rotatable bonds is 4. The van der Waals surface area contributed by atoms with E-state index in [1.54, 1.807) is 32.4 Å². The van der Waals surface area contributed by atoms with Crippen LogP contribution in [0.25, 0.3) is 6.08 Å². The molecule has 1 atom stereocenters. The van der Waals surface area contributed by atoms with Crippen LogP contribution in [-0.2, 0) is 4.79 Å². The molecule has 6 rings (SSSR count). The molecule has 0 bridgehead atoms. The SMILES string of the molecule is COc1ccc(/C=C2/Oc3c(ccc4c3C(c3cc(OC)c5c(c3)OCO5)CC(=O)O4)C2=O)cc1. The van der Waals surface area contributed by atoms with E-state index in [-0.39, 0.29) is 30.7 Å². The maximum Gasteiger partial charge on any atom is 0.312 e. The Kier molecular flexibility index (Phi) is 4.88. The van der Waals surface area contributed by atoms with Crippen LogP contribution in [0.5, 0.6) is 34.5 Å². The molecule has 1 unspecified atom stereocenters. The zero-order valence-corrected chi connectivity index (χ0v) is 19.0. The number of ketones is 1. The van der Waals surface area contributed by atoms with Gasteiger partial charge in [-0.3, -0.25) is 9.59 Å². The number of hydrogen-bond donors (Lipinski definition) is 0. The summed E-state index contributed by atoms with van der Waals surface area (Å²) < 4.78 is 33.4. The van der Waals surface area contributed by atoms with Gasteiger partial charge in [0.25, 0.3) is 0 Å². The number of methoxy groups -OCH3 is 2. The third kappa shape index (κ3) is 3.45. The highest BCUT2D eigenvalue weighted by Gasteiger charge is 2.39. The van der Waals surface area contributed by atoms with Gasteiger partial charge in [-0.15, -0.1) is 0 Å². The molecule has 35 heavy (non-hydrogen) atoms. The van der Waals surface area contributed by atoms with E-state index in [2.05, 4.69) is 0 Å². The second kappa shape index (κ2) is 8.09. The maximum absolute atomic E-state index is 13.2. The number of esters is 1. The van der Waals surface area contributed by atoms with Crippen molar-refractivity contribution in [2.24, 2.45) is 0 Å². The van der Waals surface area contributed by atoms with E-state index in [4.69, 9.17) is 28.4 Å². The molecule has 3 aromatic rings. The molecule has 0 fully saturated rings. The van der Waals surface area contributed by atoms with E-state index in [1.807, 2.05) is 36.4 Å². The predicted molar refractivity (Wildman–Crippen MR) is 124 cm³/mol. The van der Waals surface area contributed by atoms with Crippen LogP contribution in [0.15, 0.2) is 54.3 Å². The van der Waals surface area contributed by atoms with Crippen LogP contribution in [-0.4, -0.2) is 32.8 Å². The highest BCUT2D eigenvalue weighted by Crippen LogP contribution is 2.51. The zero-order chi connectivity index (χ0) is 24.1. The molecule has 0 amide bonds. The monoisotopic (exact) mass is 472 g/mol. The highest BCUT2D eigenvalue weighted by atomic mass is 16.7. The fourth-order valence-electron chi connectivity index (χ4n) is 4.59. The molecule has 0 saturated carbocycles. The van der Waals surface area contributed by atoms with Gasteiger partial charge in [-0.2, -0.15) is 0 Å². The first-order chi connectivity index (χ1) is 17.1. The van der Waals surface area contributed by atoms with E-state index >= 15 is 0 Å². The van der Waals surface area contributed by atoms with Crippen LogP contribution in [0.4, 0.5) is 0 Å². The molecule has 3 aliphatic rings. The Hall–Kier alpha value is -4.46. The Bertz CT molecular complexity index is 1400. The van der Waals surface area contributed by atoms with E-state index in [0.29, 0.717) is 45.6 Å². The molecule has 0 saturated heterocycles. The number of fused-ring (bicyclic) bond motifs is 4. The summed E-state index contributed by atoms with van der Waals surface area (Å²) in [6, 6.07) is 14.2. The number of carbonyl (C=O) groups is 2. The average Bonchev–Trinajstić information content (AvgIpc) is 3.47. The Morgan fingerprint density at radius 2 is 1.71 bits per heavy atom. The van der Waals surface area contributed by atoms with Crippen molar-refractivity contribution in [1.29, 1.82) is 0 Å². The quantitative estimate of drug-likeness (QED) is 0.312. The maximum atomic E-state index is 13.2. The van der Waals surface area contributed by atoms with Gasteiger partial charge in [-0.05, 0) is 53.6 Å². The summed E-state index contributed by atoms with van der Waals surface area (Å²) in [5.41, 5.74) is 2.61. The largest absolute Gasteiger partial charge is 0.497 e. The minimum atomic E-state index is -0.433. The van der Waals surface area contributed by atoms with Gasteiger partial charge in [0.15, 0.2) is 17.3 Å². The average molecular weight is 472 g/mol. The minimum Gasteiger partial charge on any atom is -0.497 e. The number of allylic oxidation sites excluding steroid dienone is 1. The van der Waals surface area contributed by atoms with Crippen LogP contribution < -0.4 is 28.4 Å². The molecule has 0 radical (unpaired) electrons. The van der Waals surface area contributed by atoms with E-state index in [1.165, 1.54) is 0 Å². The summed E-state index contributed by atoms with van der Waals surface area (Å²) in [6.45, 7) is 0.0883. The molecule has 0 aromatic heterocycles. The minimum absolute atomic E-state index is 0.0708. The topological polar surface area (TPSA) is 89.5 Å². The van der Waals surface area contributed by atoms with Crippen molar-refractivity contribution in [3.8, 4) is 34.5 Å². The molecule has 0 N–H and O–H groups in total. The van der Waals surface area contributed by atoms with Crippen molar-refractivity contribution in [3.05, 3.63) is 76.5 Å². The lowest BCUT2D eigenvalue weighted by Crippen LogP contribution is -2.21. The Labute approximate surface area is 200 Å². The van der Waals surface area contributed by atoms with Crippen LogP contribution in [0.1, 0.15) is 39.4 Å². The van der Waals surface area contributed by atoms with Gasteiger partial charge in [0.1, 0.15) is 17.2 Å². The van der Waals surface area contributed by atoms with Crippen LogP contribution in [0, 0.1) is 0 Å². The number of Topliss-reactive ketones (excluding diaryl/α,β-unsaturated/α-hetero) is 1. The van der Waals surface area contributed by atoms with Gasteiger partial charge in [0.05, 0.1) is 26.2 Å².